The number of nitrogens with zero attached hydrogens (tertiary/aromatic N) is 2. The normalized spacial score (nSPS) is 19.3. The van der Waals surface area contributed by atoms with Crippen LogP contribution in [0.5, 0.6) is 5.75 Å². The number of ether oxygens (including phenoxy) is 2. The van der Waals surface area contributed by atoms with E-state index >= 15 is 0 Å². The predicted octanol–water partition coefficient (Wildman–Crippen LogP) is 1.66. The van der Waals surface area contributed by atoms with Crippen LogP contribution in [0.3, 0.4) is 0 Å². The van der Waals surface area contributed by atoms with Gasteiger partial charge in [0.15, 0.2) is 5.96 Å². The van der Waals surface area contributed by atoms with E-state index in [0.29, 0.717) is 6.54 Å². The van der Waals surface area contributed by atoms with Crippen molar-refractivity contribution in [1.82, 2.24) is 15.5 Å². The SMILES string of the molecule is CCNC(=NCC1Cc2ccccc2O1)NCCN(CCOC)C1CC1. The predicted molar refractivity (Wildman–Crippen MR) is 105 cm³/mol. The Bertz CT molecular complexity index is 564. The van der Waals surface area contributed by atoms with Gasteiger partial charge in [0.05, 0.1) is 13.2 Å². The van der Waals surface area contributed by atoms with Gasteiger partial charge in [-0.25, -0.2) is 4.99 Å². The molecule has 0 saturated heterocycles. The van der Waals surface area contributed by atoms with Crippen molar-refractivity contribution in [1.29, 1.82) is 0 Å². The number of para-hydroxylation sites is 1. The number of aliphatic imine (C=N–C) groups is 1. The first-order valence-corrected chi connectivity index (χ1v) is 9.80. The molecule has 1 aromatic carbocycles. The molecular weight excluding hydrogens is 328 g/mol. The number of benzene rings is 1. The lowest BCUT2D eigenvalue weighted by Gasteiger charge is -2.22. The Balaban J connectivity index is 1.44. The summed E-state index contributed by atoms with van der Waals surface area (Å²) in [6.07, 6.45) is 3.70. The van der Waals surface area contributed by atoms with E-state index in [0.717, 1.165) is 57.0 Å². The van der Waals surface area contributed by atoms with Crippen molar-refractivity contribution in [3.63, 3.8) is 0 Å². The van der Waals surface area contributed by atoms with E-state index in [2.05, 4.69) is 34.6 Å². The Kier molecular flexibility index (Phi) is 7.14. The van der Waals surface area contributed by atoms with Gasteiger partial charge < -0.3 is 20.1 Å². The Morgan fingerprint density at radius 3 is 2.85 bits per heavy atom. The molecule has 26 heavy (non-hydrogen) atoms. The van der Waals surface area contributed by atoms with Gasteiger partial charge in [-0.2, -0.15) is 0 Å². The van der Waals surface area contributed by atoms with Gasteiger partial charge >= 0.3 is 0 Å². The fourth-order valence-electron chi connectivity index (χ4n) is 3.33. The van der Waals surface area contributed by atoms with Crippen LogP contribution in [-0.4, -0.2) is 69.4 Å². The lowest BCUT2D eigenvalue weighted by Crippen LogP contribution is -2.43. The summed E-state index contributed by atoms with van der Waals surface area (Å²) in [7, 11) is 1.77. The standard InChI is InChI=1S/C20H32N4O2/c1-3-21-20(22-10-11-24(12-13-25-2)17-8-9-17)23-15-18-14-16-6-4-5-7-19(16)26-18/h4-7,17-18H,3,8-15H2,1-2H3,(H2,21,22,23). The van der Waals surface area contributed by atoms with Gasteiger partial charge in [0, 0.05) is 45.8 Å². The lowest BCUT2D eigenvalue weighted by molar-refractivity contribution is 0.144. The second-order valence-electron chi connectivity index (χ2n) is 6.96. The summed E-state index contributed by atoms with van der Waals surface area (Å²) in [5.74, 6) is 1.87. The van der Waals surface area contributed by atoms with Gasteiger partial charge in [-0.3, -0.25) is 4.90 Å². The van der Waals surface area contributed by atoms with Crippen molar-refractivity contribution in [3.8, 4) is 5.75 Å². The van der Waals surface area contributed by atoms with Gasteiger partial charge in [0.1, 0.15) is 11.9 Å². The molecule has 1 unspecified atom stereocenters. The molecule has 2 N–H and O–H groups in total. The fraction of sp³-hybridized carbons (Fsp3) is 0.650. The van der Waals surface area contributed by atoms with Crippen LogP contribution in [0, 0.1) is 0 Å². The third-order valence-corrected chi connectivity index (χ3v) is 4.85. The molecule has 0 spiro atoms. The van der Waals surface area contributed by atoms with E-state index in [1.807, 2.05) is 12.1 Å². The van der Waals surface area contributed by atoms with Gasteiger partial charge in [-0.1, -0.05) is 18.2 Å². The van der Waals surface area contributed by atoms with Crippen molar-refractivity contribution < 1.29 is 9.47 Å². The first kappa shape index (κ1) is 19.0. The van der Waals surface area contributed by atoms with Gasteiger partial charge in [-0.05, 0) is 31.4 Å². The average molecular weight is 361 g/mol. The molecule has 1 aliphatic carbocycles. The molecule has 6 nitrogen and oxygen atoms in total. The zero-order valence-corrected chi connectivity index (χ0v) is 16.0. The fourth-order valence-corrected chi connectivity index (χ4v) is 3.33. The molecule has 1 aromatic rings. The molecule has 0 amide bonds. The summed E-state index contributed by atoms with van der Waals surface area (Å²) in [6.45, 7) is 7.32. The summed E-state index contributed by atoms with van der Waals surface area (Å²) in [6, 6.07) is 9.00. The van der Waals surface area contributed by atoms with Crippen LogP contribution in [0.2, 0.25) is 0 Å². The Hall–Kier alpha value is -1.79. The van der Waals surface area contributed by atoms with Crippen molar-refractivity contribution in [2.45, 2.75) is 38.3 Å². The molecule has 3 rings (SSSR count). The molecular formula is C20H32N4O2. The molecule has 0 radical (unpaired) electrons. The minimum absolute atomic E-state index is 0.132. The largest absolute Gasteiger partial charge is 0.488 e. The molecule has 6 heteroatoms. The number of guanidine groups is 1. The van der Waals surface area contributed by atoms with E-state index in [1.54, 1.807) is 7.11 Å². The number of nitrogens with one attached hydrogen (secondary N) is 2. The molecule has 2 aliphatic rings. The number of fused-ring (bicyclic) bond motifs is 1. The summed E-state index contributed by atoms with van der Waals surface area (Å²) < 4.78 is 11.2. The molecule has 1 aliphatic heterocycles. The third-order valence-electron chi connectivity index (χ3n) is 4.85. The van der Waals surface area contributed by atoms with E-state index in [9.17, 15) is 0 Å². The van der Waals surface area contributed by atoms with Crippen LogP contribution < -0.4 is 15.4 Å². The van der Waals surface area contributed by atoms with Crippen LogP contribution in [-0.2, 0) is 11.2 Å². The quantitative estimate of drug-likeness (QED) is 0.491. The number of rotatable bonds is 10. The minimum atomic E-state index is 0.132. The summed E-state index contributed by atoms with van der Waals surface area (Å²) in [5, 5.41) is 6.79. The summed E-state index contributed by atoms with van der Waals surface area (Å²) in [4.78, 5) is 7.23. The molecule has 1 saturated carbocycles. The number of hydrogen-bond donors (Lipinski definition) is 2. The maximum absolute atomic E-state index is 5.98. The monoisotopic (exact) mass is 360 g/mol. The zero-order valence-electron chi connectivity index (χ0n) is 16.0. The van der Waals surface area contributed by atoms with Crippen LogP contribution in [0.4, 0.5) is 0 Å². The molecule has 144 valence electrons. The van der Waals surface area contributed by atoms with E-state index in [1.165, 1.54) is 18.4 Å². The summed E-state index contributed by atoms with van der Waals surface area (Å²) in [5.41, 5.74) is 1.28. The van der Waals surface area contributed by atoms with Crippen LogP contribution >= 0.6 is 0 Å². The van der Waals surface area contributed by atoms with E-state index in [-0.39, 0.29) is 6.10 Å². The first-order valence-electron chi connectivity index (χ1n) is 9.80. The minimum Gasteiger partial charge on any atom is -0.488 e. The third kappa shape index (κ3) is 5.61. The Morgan fingerprint density at radius 1 is 1.27 bits per heavy atom. The van der Waals surface area contributed by atoms with Gasteiger partial charge in [0.25, 0.3) is 0 Å². The van der Waals surface area contributed by atoms with E-state index < -0.39 is 0 Å². The highest BCUT2D eigenvalue weighted by atomic mass is 16.5. The molecule has 1 atom stereocenters. The smallest absolute Gasteiger partial charge is 0.191 e. The van der Waals surface area contributed by atoms with Gasteiger partial charge in [0.2, 0.25) is 0 Å². The second-order valence-corrected chi connectivity index (χ2v) is 6.96. The maximum Gasteiger partial charge on any atom is 0.191 e. The second kappa shape index (κ2) is 9.78. The highest BCUT2D eigenvalue weighted by molar-refractivity contribution is 5.79. The van der Waals surface area contributed by atoms with Crippen LogP contribution in [0.25, 0.3) is 0 Å². The topological polar surface area (TPSA) is 58.1 Å². The highest BCUT2D eigenvalue weighted by Gasteiger charge is 2.28. The first-order chi connectivity index (χ1) is 12.8. The maximum atomic E-state index is 5.98. The highest BCUT2D eigenvalue weighted by Crippen LogP contribution is 2.28. The van der Waals surface area contributed by atoms with Crippen molar-refractivity contribution in [3.05, 3.63) is 29.8 Å². The average Bonchev–Trinajstić information content (AvgIpc) is 3.41. The van der Waals surface area contributed by atoms with E-state index in [4.69, 9.17) is 14.5 Å². The van der Waals surface area contributed by atoms with Crippen LogP contribution in [0.1, 0.15) is 25.3 Å². The lowest BCUT2D eigenvalue weighted by atomic mass is 10.1. The Morgan fingerprint density at radius 2 is 2.12 bits per heavy atom. The number of methoxy groups -OCH3 is 1. The molecule has 0 bridgehead atoms. The van der Waals surface area contributed by atoms with Crippen molar-refractivity contribution in [2.75, 3.05) is 46.4 Å². The Labute approximate surface area is 157 Å². The zero-order chi connectivity index (χ0) is 18.2. The molecule has 1 fully saturated rings. The molecule has 0 aromatic heterocycles. The number of hydrogen-bond acceptors (Lipinski definition) is 4. The summed E-state index contributed by atoms with van der Waals surface area (Å²) >= 11 is 0. The van der Waals surface area contributed by atoms with Gasteiger partial charge in [-0.15, -0.1) is 0 Å². The van der Waals surface area contributed by atoms with Crippen molar-refractivity contribution in [2.24, 2.45) is 4.99 Å². The molecule has 1 heterocycles. The van der Waals surface area contributed by atoms with Crippen molar-refractivity contribution >= 4 is 5.96 Å². The van der Waals surface area contributed by atoms with Crippen LogP contribution in [0.15, 0.2) is 29.3 Å².